The summed E-state index contributed by atoms with van der Waals surface area (Å²) in [6.07, 6.45) is 8.69. The summed E-state index contributed by atoms with van der Waals surface area (Å²) in [4.78, 5) is 12.3. The van der Waals surface area contributed by atoms with Crippen LogP contribution in [-0.2, 0) is 17.6 Å². The Morgan fingerprint density at radius 3 is 2.33 bits per heavy atom. The third-order valence-corrected chi connectivity index (χ3v) is 11.7. The fourth-order valence-corrected chi connectivity index (χ4v) is 9.26. The van der Waals surface area contributed by atoms with E-state index in [4.69, 9.17) is 0 Å². The minimum atomic E-state index is -3.87. The Kier molecular flexibility index (Phi) is 7.64. The van der Waals surface area contributed by atoms with Crippen LogP contribution in [0.1, 0.15) is 87.8 Å². The molecule has 4 aliphatic rings. The van der Waals surface area contributed by atoms with Crippen LogP contribution in [0.3, 0.4) is 0 Å². The number of allylic oxidation sites excluding steroid dienone is 5. The van der Waals surface area contributed by atoms with Gasteiger partial charge >= 0.3 is 5.92 Å². The van der Waals surface area contributed by atoms with E-state index in [1.807, 2.05) is 13.0 Å². The van der Waals surface area contributed by atoms with Crippen molar-refractivity contribution in [3.63, 3.8) is 0 Å². The second-order valence-electron chi connectivity index (χ2n) is 13.8. The molecule has 0 heterocycles. The van der Waals surface area contributed by atoms with Crippen LogP contribution in [0.2, 0.25) is 0 Å². The number of ketones is 1. The van der Waals surface area contributed by atoms with Crippen LogP contribution in [0.4, 0.5) is 13.2 Å². The number of aliphatic hydroxyl groups is 1. The first-order chi connectivity index (χ1) is 20.4. The molecule has 6 atom stereocenters. The highest BCUT2D eigenvalue weighted by atomic mass is 19.3. The molecule has 0 spiro atoms. The van der Waals surface area contributed by atoms with Gasteiger partial charge in [0.25, 0.3) is 0 Å². The average Bonchev–Trinajstić information content (AvgIpc) is 3.28. The van der Waals surface area contributed by atoms with Gasteiger partial charge in [0.1, 0.15) is 5.60 Å². The molecule has 43 heavy (non-hydrogen) atoms. The number of alkyl halides is 3. The lowest BCUT2D eigenvalue weighted by Gasteiger charge is -2.57. The summed E-state index contributed by atoms with van der Waals surface area (Å²) in [5, 5.41) is 12.1. The number of rotatable bonds is 8. The van der Waals surface area contributed by atoms with Gasteiger partial charge in [0.15, 0.2) is 5.78 Å². The minimum absolute atomic E-state index is 0.0159. The van der Waals surface area contributed by atoms with Crippen LogP contribution in [0.15, 0.2) is 90.0 Å². The molecule has 0 amide bonds. The molecular formula is C38H43F3O2. The van der Waals surface area contributed by atoms with Crippen molar-refractivity contribution in [2.24, 2.45) is 17.3 Å². The molecular weight excluding hydrogens is 545 g/mol. The summed E-state index contributed by atoms with van der Waals surface area (Å²) < 4.78 is 46.6. The highest BCUT2D eigenvalue weighted by Gasteiger charge is 2.74. The Bertz CT molecular complexity index is 1450. The predicted octanol–water partition coefficient (Wildman–Crippen LogP) is 9.04. The van der Waals surface area contributed by atoms with Crippen molar-refractivity contribution in [3.8, 4) is 0 Å². The van der Waals surface area contributed by atoms with Crippen molar-refractivity contribution in [2.75, 3.05) is 0 Å². The Hall–Kier alpha value is -2.92. The summed E-state index contributed by atoms with van der Waals surface area (Å²) in [7, 11) is 0. The number of carbonyl (C=O) groups is 1. The van der Waals surface area contributed by atoms with Crippen molar-refractivity contribution < 1.29 is 23.1 Å². The van der Waals surface area contributed by atoms with Crippen LogP contribution in [0, 0.1) is 17.3 Å². The number of carbonyl (C=O) groups excluding carboxylic acids is 1. The molecule has 0 aromatic heterocycles. The van der Waals surface area contributed by atoms with Gasteiger partial charge in [0.2, 0.25) is 5.67 Å². The van der Waals surface area contributed by atoms with Crippen LogP contribution in [0.5, 0.6) is 0 Å². The van der Waals surface area contributed by atoms with Crippen LogP contribution in [-0.4, -0.2) is 28.1 Å². The lowest BCUT2D eigenvalue weighted by Crippen LogP contribution is -2.66. The first kappa shape index (κ1) is 30.1. The van der Waals surface area contributed by atoms with Crippen LogP contribution in [0.25, 0.3) is 0 Å². The zero-order valence-electron chi connectivity index (χ0n) is 25.4. The molecule has 0 radical (unpaired) electrons. The molecule has 2 aromatic carbocycles. The summed E-state index contributed by atoms with van der Waals surface area (Å²) in [5.74, 6) is -3.93. The number of fused-ring (bicyclic) bond motifs is 4. The molecule has 4 aliphatic carbocycles. The summed E-state index contributed by atoms with van der Waals surface area (Å²) in [5.41, 5.74) is 0.823. The highest BCUT2D eigenvalue weighted by Crippen LogP contribution is 2.70. The molecule has 1 N–H and O–H groups in total. The molecule has 0 bridgehead atoms. The largest absolute Gasteiger partial charge is 0.386 e. The lowest BCUT2D eigenvalue weighted by atomic mass is 9.49. The monoisotopic (exact) mass is 588 g/mol. The maximum atomic E-state index is 16.4. The van der Waals surface area contributed by atoms with Crippen LogP contribution >= 0.6 is 0 Å². The first-order valence-electron chi connectivity index (χ1n) is 15.9. The van der Waals surface area contributed by atoms with Crippen molar-refractivity contribution in [1.82, 2.24) is 0 Å². The topological polar surface area (TPSA) is 37.3 Å². The van der Waals surface area contributed by atoms with E-state index in [2.05, 4.69) is 55.1 Å². The SMILES string of the molecule is C=CC(F)(F)C(C)(F)[C@]1(O)CCC2C3CCC4=CC(=O)CCC4=C3C(c3ccc(CCCc4ccccc4)cc3)C[C@@]21C. The van der Waals surface area contributed by atoms with Gasteiger partial charge in [0.05, 0.1) is 0 Å². The summed E-state index contributed by atoms with van der Waals surface area (Å²) in [6.45, 7) is 5.93. The highest BCUT2D eigenvalue weighted by molar-refractivity contribution is 5.93. The van der Waals surface area contributed by atoms with Crippen molar-refractivity contribution >= 4 is 5.78 Å². The third-order valence-electron chi connectivity index (χ3n) is 11.7. The van der Waals surface area contributed by atoms with Gasteiger partial charge in [-0.2, -0.15) is 8.78 Å². The number of benzene rings is 2. The van der Waals surface area contributed by atoms with Gasteiger partial charge in [-0.1, -0.05) is 73.7 Å². The second kappa shape index (κ2) is 10.9. The van der Waals surface area contributed by atoms with Crippen molar-refractivity contribution in [3.05, 3.63) is 107 Å². The first-order valence-corrected chi connectivity index (χ1v) is 15.9. The Morgan fingerprint density at radius 2 is 1.65 bits per heavy atom. The molecule has 5 heteroatoms. The maximum absolute atomic E-state index is 16.4. The number of aryl methyl sites for hydroxylation is 2. The standard InChI is InChI=1S/C38H43F3O2/c1-4-38(40,41)36(3,39)37(43)22-21-33-31-19-17-28-23-29(42)18-20-30(28)34(31)32(24-35(33,37)2)27-15-13-26(14-16-27)12-8-11-25-9-6-5-7-10-25/h4-7,9-10,13-16,23,31-33,43H,1,8,11-12,17-22,24H2,2-3H3/t31?,32?,33?,35-,36?,37-/m0/s1. The normalized spacial score (nSPS) is 31.9. The van der Waals surface area contributed by atoms with Crippen LogP contribution < -0.4 is 0 Å². The summed E-state index contributed by atoms with van der Waals surface area (Å²) in [6, 6.07) is 19.0. The third kappa shape index (κ3) is 4.77. The smallest absolute Gasteiger partial charge is 0.302 e. The molecule has 2 nitrogen and oxygen atoms in total. The minimum Gasteiger partial charge on any atom is -0.386 e. The fourth-order valence-electron chi connectivity index (χ4n) is 9.26. The van der Waals surface area contributed by atoms with E-state index in [1.165, 1.54) is 22.3 Å². The lowest BCUT2D eigenvalue weighted by molar-refractivity contribution is -0.242. The van der Waals surface area contributed by atoms with Gasteiger partial charge in [0, 0.05) is 17.8 Å². The zero-order valence-corrected chi connectivity index (χ0v) is 25.4. The zero-order chi connectivity index (χ0) is 30.6. The number of halogens is 3. The van der Waals surface area contributed by atoms with Crippen molar-refractivity contribution in [1.29, 1.82) is 0 Å². The van der Waals surface area contributed by atoms with E-state index in [9.17, 15) is 9.90 Å². The number of hydrogen-bond donors (Lipinski definition) is 1. The summed E-state index contributed by atoms with van der Waals surface area (Å²) >= 11 is 0. The van der Waals surface area contributed by atoms with E-state index >= 15 is 13.2 Å². The van der Waals surface area contributed by atoms with Gasteiger partial charge in [-0.3, -0.25) is 4.79 Å². The number of hydrogen-bond acceptors (Lipinski definition) is 2. The van der Waals surface area contributed by atoms with Gasteiger partial charge in [-0.05, 0) is 117 Å². The quantitative estimate of drug-likeness (QED) is 0.313. The maximum Gasteiger partial charge on any atom is 0.302 e. The average molecular weight is 589 g/mol. The Labute approximate surface area is 253 Å². The second-order valence-corrected chi connectivity index (χ2v) is 13.8. The Morgan fingerprint density at radius 1 is 0.977 bits per heavy atom. The van der Waals surface area contributed by atoms with E-state index in [0.29, 0.717) is 31.8 Å². The van der Waals surface area contributed by atoms with Crippen molar-refractivity contribution in [2.45, 2.75) is 101 Å². The fraction of sp³-hybridized carbons (Fsp3) is 0.500. The van der Waals surface area contributed by atoms with E-state index in [1.54, 1.807) is 6.08 Å². The molecule has 0 saturated heterocycles. The molecule has 4 unspecified atom stereocenters. The molecule has 2 aromatic rings. The van der Waals surface area contributed by atoms with E-state index < -0.39 is 22.6 Å². The molecule has 2 saturated carbocycles. The molecule has 6 rings (SSSR count). The van der Waals surface area contributed by atoms with Gasteiger partial charge in [-0.25, -0.2) is 4.39 Å². The molecule has 0 aliphatic heterocycles. The van der Waals surface area contributed by atoms with Gasteiger partial charge in [-0.15, -0.1) is 0 Å². The predicted molar refractivity (Wildman–Crippen MR) is 165 cm³/mol. The van der Waals surface area contributed by atoms with Gasteiger partial charge < -0.3 is 5.11 Å². The Balaban J connectivity index is 1.37. The molecule has 228 valence electrons. The van der Waals surface area contributed by atoms with E-state index in [-0.39, 0.29) is 30.0 Å². The van der Waals surface area contributed by atoms with E-state index in [0.717, 1.165) is 50.2 Å². The molecule has 2 fully saturated rings.